The molecule has 0 fully saturated rings. The molecule has 1 N–H and O–H groups in total. The number of imidazole rings is 1. The van der Waals surface area contributed by atoms with Crippen molar-refractivity contribution in [3.63, 3.8) is 0 Å². The Labute approximate surface area is 201 Å². The van der Waals surface area contributed by atoms with E-state index in [9.17, 15) is 9.59 Å². The van der Waals surface area contributed by atoms with E-state index in [1.54, 1.807) is 31.9 Å². The molecular formula is C24H26ClN5O4. The Morgan fingerprint density at radius 2 is 1.74 bits per heavy atom. The summed E-state index contributed by atoms with van der Waals surface area (Å²) in [5.74, 6) is 1.80. The molecule has 0 unspecified atom stereocenters. The van der Waals surface area contributed by atoms with E-state index < -0.39 is 11.2 Å². The van der Waals surface area contributed by atoms with Crippen molar-refractivity contribution in [2.75, 3.05) is 26.1 Å². The highest BCUT2D eigenvalue weighted by Crippen LogP contribution is 2.28. The zero-order valence-corrected chi connectivity index (χ0v) is 20.2. The molecule has 34 heavy (non-hydrogen) atoms. The maximum atomic E-state index is 13.0. The lowest BCUT2D eigenvalue weighted by molar-refractivity contribution is 0.354. The van der Waals surface area contributed by atoms with Crippen molar-refractivity contribution >= 4 is 28.7 Å². The number of aromatic nitrogens is 4. The Morgan fingerprint density at radius 3 is 2.44 bits per heavy atom. The first-order valence-electron chi connectivity index (χ1n) is 10.7. The standard InChI is InChI=1S/C24H26ClN5O4/c1-28-21-20(22(31)29(2)24(28)32)30(14-16-7-5-6-8-17(16)25)23(27-21)26-12-11-15-9-10-18(33-3)19(13-15)34-4/h5-10,13H,11-12,14H2,1-4H3,(H,26,27). The second-order valence-electron chi connectivity index (χ2n) is 7.86. The number of benzene rings is 2. The Bertz CT molecular complexity index is 1470. The number of methoxy groups -OCH3 is 2. The quantitative estimate of drug-likeness (QED) is 0.414. The number of fused-ring (bicyclic) bond motifs is 1. The molecule has 0 amide bonds. The van der Waals surface area contributed by atoms with Gasteiger partial charge in [-0.3, -0.25) is 18.5 Å². The van der Waals surface area contributed by atoms with Crippen LogP contribution >= 0.6 is 11.6 Å². The highest BCUT2D eigenvalue weighted by molar-refractivity contribution is 6.31. The molecular weight excluding hydrogens is 458 g/mol. The molecule has 178 valence electrons. The van der Waals surface area contributed by atoms with Crippen LogP contribution in [0.3, 0.4) is 0 Å². The number of hydrogen-bond acceptors (Lipinski definition) is 6. The number of ether oxygens (including phenoxy) is 2. The van der Waals surface area contributed by atoms with Gasteiger partial charge in [-0.25, -0.2) is 4.79 Å². The summed E-state index contributed by atoms with van der Waals surface area (Å²) in [6.45, 7) is 0.859. The minimum Gasteiger partial charge on any atom is -0.493 e. The summed E-state index contributed by atoms with van der Waals surface area (Å²) in [5.41, 5.74) is 1.68. The van der Waals surface area contributed by atoms with Crippen LogP contribution < -0.4 is 26.0 Å². The van der Waals surface area contributed by atoms with E-state index in [4.69, 9.17) is 21.1 Å². The molecule has 2 heterocycles. The molecule has 0 aliphatic carbocycles. The number of rotatable bonds is 8. The fourth-order valence-corrected chi connectivity index (χ4v) is 4.08. The van der Waals surface area contributed by atoms with Crippen LogP contribution in [0.25, 0.3) is 11.2 Å². The van der Waals surface area contributed by atoms with Gasteiger partial charge in [-0.2, -0.15) is 4.98 Å². The lowest BCUT2D eigenvalue weighted by Crippen LogP contribution is -2.37. The molecule has 9 nitrogen and oxygen atoms in total. The summed E-state index contributed by atoms with van der Waals surface area (Å²) in [6.07, 6.45) is 0.673. The van der Waals surface area contributed by atoms with Crippen LogP contribution in [0.4, 0.5) is 5.95 Å². The van der Waals surface area contributed by atoms with Crippen molar-refractivity contribution in [1.82, 2.24) is 18.7 Å². The summed E-state index contributed by atoms with van der Waals surface area (Å²) in [6, 6.07) is 13.2. The summed E-state index contributed by atoms with van der Waals surface area (Å²) in [5, 5.41) is 3.91. The van der Waals surface area contributed by atoms with E-state index in [1.165, 1.54) is 11.6 Å². The van der Waals surface area contributed by atoms with Crippen molar-refractivity contribution in [1.29, 1.82) is 0 Å². The number of halogens is 1. The van der Waals surface area contributed by atoms with Crippen molar-refractivity contribution in [3.05, 3.63) is 79.5 Å². The van der Waals surface area contributed by atoms with Crippen molar-refractivity contribution < 1.29 is 9.47 Å². The van der Waals surface area contributed by atoms with E-state index in [0.29, 0.717) is 53.1 Å². The molecule has 0 aliphatic rings. The molecule has 0 atom stereocenters. The summed E-state index contributed by atoms with van der Waals surface area (Å²) >= 11 is 6.40. The van der Waals surface area contributed by atoms with Gasteiger partial charge in [0, 0.05) is 25.7 Å². The van der Waals surface area contributed by atoms with Gasteiger partial charge in [0.05, 0.1) is 20.8 Å². The Balaban J connectivity index is 1.71. The van der Waals surface area contributed by atoms with Gasteiger partial charge < -0.3 is 14.8 Å². The molecule has 10 heteroatoms. The van der Waals surface area contributed by atoms with E-state index in [0.717, 1.165) is 15.7 Å². The zero-order chi connectivity index (χ0) is 24.4. The monoisotopic (exact) mass is 483 g/mol. The van der Waals surface area contributed by atoms with Gasteiger partial charge in [0.15, 0.2) is 22.7 Å². The van der Waals surface area contributed by atoms with Crippen molar-refractivity contribution in [2.45, 2.75) is 13.0 Å². The van der Waals surface area contributed by atoms with Gasteiger partial charge in [0.25, 0.3) is 5.56 Å². The zero-order valence-electron chi connectivity index (χ0n) is 19.5. The van der Waals surface area contributed by atoms with Crippen molar-refractivity contribution in [2.24, 2.45) is 14.1 Å². The molecule has 2 aromatic carbocycles. The number of nitrogens with one attached hydrogen (secondary N) is 1. The van der Waals surface area contributed by atoms with E-state index in [2.05, 4.69) is 10.3 Å². The minimum atomic E-state index is -0.434. The molecule has 0 aliphatic heterocycles. The second kappa shape index (κ2) is 9.64. The fourth-order valence-electron chi connectivity index (χ4n) is 3.89. The average Bonchev–Trinajstić information content (AvgIpc) is 3.20. The average molecular weight is 484 g/mol. The third-order valence-electron chi connectivity index (χ3n) is 5.78. The summed E-state index contributed by atoms with van der Waals surface area (Å²) in [7, 11) is 6.26. The molecule has 0 saturated heterocycles. The van der Waals surface area contributed by atoms with E-state index in [-0.39, 0.29) is 0 Å². The Hall–Kier alpha value is -3.72. The van der Waals surface area contributed by atoms with Crippen LogP contribution in [0.1, 0.15) is 11.1 Å². The maximum absolute atomic E-state index is 13.0. The second-order valence-corrected chi connectivity index (χ2v) is 8.26. The van der Waals surface area contributed by atoms with Gasteiger partial charge in [0.2, 0.25) is 5.95 Å². The van der Waals surface area contributed by atoms with Gasteiger partial charge >= 0.3 is 5.69 Å². The lowest BCUT2D eigenvalue weighted by atomic mass is 10.1. The predicted molar refractivity (Wildman–Crippen MR) is 133 cm³/mol. The Morgan fingerprint density at radius 1 is 1.00 bits per heavy atom. The normalized spacial score (nSPS) is 11.1. The highest BCUT2D eigenvalue weighted by atomic mass is 35.5. The molecule has 4 rings (SSSR count). The van der Waals surface area contributed by atoms with Crippen LogP contribution in [-0.2, 0) is 27.1 Å². The first-order chi connectivity index (χ1) is 16.3. The molecule has 4 aromatic rings. The van der Waals surface area contributed by atoms with Gasteiger partial charge in [0.1, 0.15) is 0 Å². The molecule has 0 bridgehead atoms. The molecule has 2 aromatic heterocycles. The number of anilines is 1. The van der Waals surface area contributed by atoms with Crippen LogP contribution in [0.2, 0.25) is 5.02 Å². The third-order valence-corrected chi connectivity index (χ3v) is 6.15. The molecule has 0 saturated carbocycles. The van der Waals surface area contributed by atoms with Gasteiger partial charge in [-0.1, -0.05) is 35.9 Å². The predicted octanol–water partition coefficient (Wildman–Crippen LogP) is 2.81. The number of aryl methyl sites for hydroxylation is 1. The van der Waals surface area contributed by atoms with Crippen LogP contribution in [0.15, 0.2) is 52.1 Å². The first-order valence-corrected chi connectivity index (χ1v) is 11.1. The van der Waals surface area contributed by atoms with E-state index >= 15 is 0 Å². The van der Waals surface area contributed by atoms with E-state index in [1.807, 2.05) is 36.4 Å². The first kappa shape index (κ1) is 23.4. The fraction of sp³-hybridized carbons (Fsp3) is 0.292. The third kappa shape index (κ3) is 4.26. The lowest BCUT2D eigenvalue weighted by Gasteiger charge is -2.13. The number of hydrogen-bond donors (Lipinski definition) is 1. The highest BCUT2D eigenvalue weighted by Gasteiger charge is 2.20. The smallest absolute Gasteiger partial charge is 0.332 e. The van der Waals surface area contributed by atoms with Gasteiger partial charge in [-0.05, 0) is 35.7 Å². The maximum Gasteiger partial charge on any atom is 0.332 e. The molecule has 0 radical (unpaired) electrons. The summed E-state index contributed by atoms with van der Waals surface area (Å²) < 4.78 is 14.9. The molecule has 0 spiro atoms. The SMILES string of the molecule is COc1ccc(CCNc2nc3c(c(=O)n(C)c(=O)n3C)n2Cc2ccccc2Cl)cc1OC. The van der Waals surface area contributed by atoms with Gasteiger partial charge in [-0.15, -0.1) is 0 Å². The van der Waals surface area contributed by atoms with Crippen LogP contribution in [0, 0.1) is 0 Å². The largest absolute Gasteiger partial charge is 0.493 e. The number of nitrogens with zero attached hydrogens (tertiary/aromatic N) is 4. The topological polar surface area (TPSA) is 92.3 Å². The minimum absolute atomic E-state index is 0.314. The van der Waals surface area contributed by atoms with Crippen molar-refractivity contribution in [3.8, 4) is 11.5 Å². The Kier molecular flexibility index (Phi) is 6.65. The summed E-state index contributed by atoms with van der Waals surface area (Å²) in [4.78, 5) is 30.1. The van der Waals surface area contributed by atoms with Crippen LogP contribution in [-0.4, -0.2) is 39.4 Å². The van der Waals surface area contributed by atoms with Crippen LogP contribution in [0.5, 0.6) is 11.5 Å².